The first-order valence-electron chi connectivity index (χ1n) is 6.00. The first kappa shape index (κ1) is 14.4. The zero-order chi connectivity index (χ0) is 14.8. The minimum absolute atomic E-state index is 0.394. The normalized spacial score (nSPS) is 22.9. The number of benzene rings is 1. The van der Waals surface area contributed by atoms with Crippen LogP contribution in [-0.2, 0) is 15.7 Å². The molecule has 0 saturated carbocycles. The maximum Gasteiger partial charge on any atom is 0.416 e. The van der Waals surface area contributed by atoms with Crippen LogP contribution in [0.25, 0.3) is 0 Å². The summed E-state index contributed by atoms with van der Waals surface area (Å²) < 4.78 is 42.8. The molecule has 2 unspecified atom stereocenters. The van der Waals surface area contributed by atoms with E-state index < -0.39 is 29.7 Å². The number of nitrogens with zero attached hydrogens (tertiary/aromatic N) is 1. The first-order chi connectivity index (χ1) is 9.39. The van der Waals surface area contributed by atoms with Crippen LogP contribution in [0.1, 0.15) is 23.7 Å². The summed E-state index contributed by atoms with van der Waals surface area (Å²) in [6.45, 7) is 0.394. The SMILES string of the molecule is NC(=O)C1CCN=COC1c1ccc(C(F)(F)F)cc1. The molecule has 1 heterocycles. The van der Waals surface area contributed by atoms with Gasteiger partial charge in [0.2, 0.25) is 5.91 Å². The second-order valence-corrected chi connectivity index (χ2v) is 4.49. The Hall–Kier alpha value is -2.05. The Morgan fingerprint density at radius 2 is 1.95 bits per heavy atom. The number of carbonyl (C=O) groups excluding carboxylic acids is 1. The molecule has 0 saturated heterocycles. The van der Waals surface area contributed by atoms with Gasteiger partial charge >= 0.3 is 6.18 Å². The minimum Gasteiger partial charge on any atom is -0.475 e. The van der Waals surface area contributed by atoms with Crippen molar-refractivity contribution in [2.75, 3.05) is 6.54 Å². The van der Waals surface area contributed by atoms with Gasteiger partial charge in [-0.05, 0) is 24.1 Å². The molecule has 0 fully saturated rings. The third-order valence-corrected chi connectivity index (χ3v) is 3.15. The summed E-state index contributed by atoms with van der Waals surface area (Å²) in [6.07, 6.45) is -3.49. The van der Waals surface area contributed by atoms with Crippen LogP contribution < -0.4 is 5.73 Å². The van der Waals surface area contributed by atoms with Gasteiger partial charge in [0.1, 0.15) is 6.10 Å². The average molecular weight is 286 g/mol. The Bertz CT molecular complexity index is 511. The summed E-state index contributed by atoms with van der Waals surface area (Å²) in [5.74, 6) is -1.17. The molecule has 20 heavy (non-hydrogen) atoms. The molecule has 0 aromatic heterocycles. The van der Waals surface area contributed by atoms with Gasteiger partial charge < -0.3 is 10.5 Å². The van der Waals surface area contributed by atoms with E-state index in [1.165, 1.54) is 18.5 Å². The topological polar surface area (TPSA) is 64.7 Å². The van der Waals surface area contributed by atoms with Gasteiger partial charge in [0.05, 0.1) is 11.5 Å². The monoisotopic (exact) mass is 286 g/mol. The van der Waals surface area contributed by atoms with Crippen LogP contribution in [-0.4, -0.2) is 18.9 Å². The van der Waals surface area contributed by atoms with E-state index in [0.29, 0.717) is 18.5 Å². The summed E-state index contributed by atoms with van der Waals surface area (Å²) in [4.78, 5) is 15.3. The predicted molar refractivity (Wildman–Crippen MR) is 65.9 cm³/mol. The number of nitrogens with two attached hydrogens (primary N) is 1. The zero-order valence-electron chi connectivity index (χ0n) is 10.4. The molecular weight excluding hydrogens is 273 g/mol. The lowest BCUT2D eigenvalue weighted by Crippen LogP contribution is -2.30. The van der Waals surface area contributed by atoms with Crippen molar-refractivity contribution in [2.45, 2.75) is 18.7 Å². The predicted octanol–water partition coefficient (Wildman–Crippen LogP) is 2.30. The van der Waals surface area contributed by atoms with E-state index in [1.807, 2.05) is 0 Å². The molecule has 7 heteroatoms. The second kappa shape index (κ2) is 5.52. The van der Waals surface area contributed by atoms with E-state index in [1.54, 1.807) is 0 Å². The van der Waals surface area contributed by atoms with Crippen LogP contribution in [0, 0.1) is 5.92 Å². The number of primary amides is 1. The van der Waals surface area contributed by atoms with Gasteiger partial charge in [0.15, 0.2) is 6.40 Å². The molecule has 1 aromatic rings. The Labute approximate surface area is 113 Å². The van der Waals surface area contributed by atoms with Crippen LogP contribution >= 0.6 is 0 Å². The Kier molecular flexibility index (Phi) is 3.96. The summed E-state index contributed by atoms with van der Waals surface area (Å²) in [5, 5.41) is 0. The molecule has 2 N–H and O–H groups in total. The smallest absolute Gasteiger partial charge is 0.416 e. The van der Waals surface area contributed by atoms with E-state index in [9.17, 15) is 18.0 Å². The Morgan fingerprint density at radius 3 is 2.50 bits per heavy atom. The van der Waals surface area contributed by atoms with Gasteiger partial charge in [-0.1, -0.05) is 12.1 Å². The summed E-state index contributed by atoms with van der Waals surface area (Å²) in [5.41, 5.74) is 5.03. The largest absolute Gasteiger partial charge is 0.475 e. The van der Waals surface area contributed by atoms with Gasteiger partial charge in [0, 0.05) is 6.54 Å². The quantitative estimate of drug-likeness (QED) is 0.906. The van der Waals surface area contributed by atoms with E-state index in [2.05, 4.69) is 4.99 Å². The number of aliphatic imine (C=N–C) groups is 1. The minimum atomic E-state index is -4.40. The molecule has 0 spiro atoms. The van der Waals surface area contributed by atoms with Gasteiger partial charge in [-0.25, -0.2) is 0 Å². The highest BCUT2D eigenvalue weighted by Gasteiger charge is 2.33. The maximum atomic E-state index is 12.5. The molecular formula is C13H13F3N2O2. The van der Waals surface area contributed by atoms with Crippen molar-refractivity contribution in [1.82, 2.24) is 0 Å². The van der Waals surface area contributed by atoms with Crippen molar-refractivity contribution >= 4 is 12.3 Å². The van der Waals surface area contributed by atoms with E-state index >= 15 is 0 Å². The molecule has 2 atom stereocenters. The molecule has 1 amide bonds. The third-order valence-electron chi connectivity index (χ3n) is 3.15. The van der Waals surface area contributed by atoms with Crippen molar-refractivity contribution in [2.24, 2.45) is 16.6 Å². The van der Waals surface area contributed by atoms with Gasteiger partial charge in [0.25, 0.3) is 0 Å². The van der Waals surface area contributed by atoms with Crippen molar-refractivity contribution in [3.8, 4) is 0 Å². The number of halogens is 3. The number of rotatable bonds is 2. The Morgan fingerprint density at radius 1 is 1.30 bits per heavy atom. The highest BCUT2D eigenvalue weighted by atomic mass is 19.4. The van der Waals surface area contributed by atoms with Gasteiger partial charge in [-0.2, -0.15) is 13.2 Å². The lowest BCUT2D eigenvalue weighted by molar-refractivity contribution is -0.137. The number of hydrogen-bond donors (Lipinski definition) is 1. The van der Waals surface area contributed by atoms with Crippen LogP contribution in [0.4, 0.5) is 13.2 Å². The highest BCUT2D eigenvalue weighted by molar-refractivity contribution is 5.78. The van der Waals surface area contributed by atoms with Crippen LogP contribution in [0.2, 0.25) is 0 Å². The van der Waals surface area contributed by atoms with Gasteiger partial charge in [-0.3, -0.25) is 9.79 Å². The van der Waals surface area contributed by atoms with Gasteiger partial charge in [-0.15, -0.1) is 0 Å². The first-order valence-corrected chi connectivity index (χ1v) is 6.00. The molecule has 1 aliphatic heterocycles. The summed E-state index contributed by atoms with van der Waals surface area (Å²) in [6, 6.07) is 4.50. The van der Waals surface area contributed by atoms with Crippen molar-refractivity contribution in [1.29, 1.82) is 0 Å². The fourth-order valence-electron chi connectivity index (χ4n) is 2.09. The Balaban J connectivity index is 2.28. The van der Waals surface area contributed by atoms with Crippen molar-refractivity contribution < 1.29 is 22.7 Å². The fourth-order valence-corrected chi connectivity index (χ4v) is 2.09. The zero-order valence-corrected chi connectivity index (χ0v) is 10.4. The van der Waals surface area contributed by atoms with Crippen LogP contribution in [0.15, 0.2) is 29.3 Å². The van der Waals surface area contributed by atoms with E-state index in [4.69, 9.17) is 10.5 Å². The molecule has 108 valence electrons. The number of ether oxygens (including phenoxy) is 1. The van der Waals surface area contributed by atoms with E-state index in [0.717, 1.165) is 12.1 Å². The lowest BCUT2D eigenvalue weighted by Gasteiger charge is -2.22. The lowest BCUT2D eigenvalue weighted by atomic mass is 9.91. The molecule has 2 rings (SSSR count). The van der Waals surface area contributed by atoms with Crippen molar-refractivity contribution in [3.63, 3.8) is 0 Å². The number of alkyl halides is 3. The number of carbonyl (C=O) groups is 1. The van der Waals surface area contributed by atoms with E-state index in [-0.39, 0.29) is 0 Å². The number of amides is 1. The molecule has 4 nitrogen and oxygen atoms in total. The summed E-state index contributed by atoms with van der Waals surface area (Å²) >= 11 is 0. The third kappa shape index (κ3) is 3.09. The van der Waals surface area contributed by atoms with Crippen LogP contribution in [0.3, 0.4) is 0 Å². The number of hydrogen-bond acceptors (Lipinski definition) is 3. The maximum absolute atomic E-state index is 12.5. The fraction of sp³-hybridized carbons (Fsp3) is 0.385. The standard InChI is InChI=1S/C13H13F3N2O2/c14-13(15,16)9-3-1-8(2-4-9)11-10(12(17)19)5-6-18-7-20-11/h1-4,7,10-11H,5-6H2,(H2,17,19). The molecule has 0 bridgehead atoms. The molecule has 0 aliphatic carbocycles. The molecule has 1 aromatic carbocycles. The summed E-state index contributed by atoms with van der Waals surface area (Å²) in [7, 11) is 0. The molecule has 0 radical (unpaired) electrons. The second-order valence-electron chi connectivity index (χ2n) is 4.49. The van der Waals surface area contributed by atoms with Crippen molar-refractivity contribution in [3.05, 3.63) is 35.4 Å². The average Bonchev–Trinajstić information content (AvgIpc) is 2.63. The highest BCUT2D eigenvalue weighted by Crippen LogP contribution is 2.33. The van der Waals surface area contributed by atoms with Crippen LogP contribution in [0.5, 0.6) is 0 Å². The molecule has 1 aliphatic rings.